The lowest BCUT2D eigenvalue weighted by molar-refractivity contribution is -0.122. The van der Waals surface area contributed by atoms with Crippen molar-refractivity contribution in [3.8, 4) is 5.75 Å². The Bertz CT molecular complexity index is 597. The first kappa shape index (κ1) is 15.1. The monoisotopic (exact) mass is 284 g/mol. The molecular weight excluding hydrogens is 264 g/mol. The Hall–Kier alpha value is -2.33. The minimum atomic E-state index is -0.589. The molecule has 0 aromatic heterocycles. The molecule has 2 atom stereocenters. The van der Waals surface area contributed by atoms with Crippen LogP contribution in [0.25, 0.3) is 0 Å². The number of hydrogen-bond acceptors (Lipinski definition) is 3. The largest absolute Gasteiger partial charge is 0.481 e. The van der Waals surface area contributed by atoms with Gasteiger partial charge in [-0.3, -0.25) is 4.79 Å². The van der Waals surface area contributed by atoms with Crippen LogP contribution in [-0.2, 0) is 4.79 Å². The van der Waals surface area contributed by atoms with Crippen LogP contribution < -0.4 is 15.8 Å². The van der Waals surface area contributed by atoms with Crippen molar-refractivity contribution in [2.45, 2.75) is 26.0 Å². The molecule has 1 unspecified atom stereocenters. The molecule has 1 amide bonds. The van der Waals surface area contributed by atoms with E-state index in [9.17, 15) is 4.79 Å². The quantitative estimate of drug-likeness (QED) is 0.886. The van der Waals surface area contributed by atoms with E-state index in [4.69, 9.17) is 10.5 Å². The Morgan fingerprint density at radius 1 is 1.10 bits per heavy atom. The first-order valence-electron chi connectivity index (χ1n) is 6.94. The minimum absolute atomic E-state index is 0.0676. The zero-order chi connectivity index (χ0) is 15.2. The van der Waals surface area contributed by atoms with Crippen LogP contribution in [0.1, 0.15) is 25.5 Å². The summed E-state index contributed by atoms with van der Waals surface area (Å²) in [6.07, 6.45) is -0.589. The van der Waals surface area contributed by atoms with Crippen LogP contribution >= 0.6 is 0 Å². The van der Waals surface area contributed by atoms with Crippen LogP contribution in [0.15, 0.2) is 54.6 Å². The number of nitrogens with two attached hydrogens (primary N) is 1. The molecule has 4 nitrogen and oxygen atoms in total. The average molecular weight is 284 g/mol. The summed E-state index contributed by atoms with van der Waals surface area (Å²) in [6.45, 7) is 3.63. The number of carbonyl (C=O) groups excluding carboxylic acids is 1. The van der Waals surface area contributed by atoms with Crippen LogP contribution in [0.5, 0.6) is 5.75 Å². The Morgan fingerprint density at radius 3 is 2.48 bits per heavy atom. The summed E-state index contributed by atoms with van der Waals surface area (Å²) < 4.78 is 5.67. The summed E-state index contributed by atoms with van der Waals surface area (Å²) in [5, 5.41) is 2.81. The highest BCUT2D eigenvalue weighted by Crippen LogP contribution is 2.19. The standard InChI is InChI=1S/C17H20N2O2/c1-12(18)14-7-6-10-16(11-14)21-13(2)17(20)19-15-8-4-3-5-9-15/h3-13H,18H2,1-2H3,(H,19,20)/t12-,13?/m0/s1. The molecule has 3 N–H and O–H groups in total. The van der Waals surface area contributed by atoms with Gasteiger partial charge in [0.25, 0.3) is 5.91 Å². The van der Waals surface area contributed by atoms with E-state index < -0.39 is 6.10 Å². The lowest BCUT2D eigenvalue weighted by atomic mass is 10.1. The number of para-hydroxylation sites is 1. The molecule has 0 bridgehead atoms. The number of ether oxygens (including phenoxy) is 1. The highest BCUT2D eigenvalue weighted by Gasteiger charge is 2.15. The third kappa shape index (κ3) is 4.33. The van der Waals surface area contributed by atoms with Gasteiger partial charge in [0.05, 0.1) is 0 Å². The summed E-state index contributed by atoms with van der Waals surface area (Å²) >= 11 is 0. The van der Waals surface area contributed by atoms with Gasteiger partial charge in [-0.1, -0.05) is 30.3 Å². The smallest absolute Gasteiger partial charge is 0.265 e. The van der Waals surface area contributed by atoms with Gasteiger partial charge < -0.3 is 15.8 Å². The lowest BCUT2D eigenvalue weighted by Gasteiger charge is -2.16. The van der Waals surface area contributed by atoms with E-state index in [1.54, 1.807) is 6.92 Å². The second kappa shape index (κ2) is 6.90. The van der Waals surface area contributed by atoms with Crippen molar-refractivity contribution in [2.75, 3.05) is 5.32 Å². The topological polar surface area (TPSA) is 64.3 Å². The molecule has 0 aliphatic carbocycles. The zero-order valence-electron chi connectivity index (χ0n) is 12.2. The molecule has 0 saturated carbocycles. The highest BCUT2D eigenvalue weighted by atomic mass is 16.5. The molecule has 0 aliphatic rings. The van der Waals surface area contributed by atoms with Crippen molar-refractivity contribution < 1.29 is 9.53 Å². The lowest BCUT2D eigenvalue weighted by Crippen LogP contribution is -2.30. The predicted octanol–water partition coefficient (Wildman–Crippen LogP) is 3.11. The Balaban J connectivity index is 1.99. The van der Waals surface area contributed by atoms with Crippen LogP contribution in [0.2, 0.25) is 0 Å². The molecule has 0 radical (unpaired) electrons. The first-order valence-corrected chi connectivity index (χ1v) is 6.94. The molecule has 0 saturated heterocycles. The third-order valence-corrected chi connectivity index (χ3v) is 3.11. The van der Waals surface area contributed by atoms with E-state index in [1.165, 1.54) is 0 Å². The van der Waals surface area contributed by atoms with Crippen molar-refractivity contribution in [3.63, 3.8) is 0 Å². The normalized spacial score (nSPS) is 13.3. The first-order chi connectivity index (χ1) is 10.1. The maximum Gasteiger partial charge on any atom is 0.265 e. The molecular formula is C17H20N2O2. The fraction of sp³-hybridized carbons (Fsp3) is 0.235. The second-order valence-electron chi connectivity index (χ2n) is 4.98. The van der Waals surface area contributed by atoms with Gasteiger partial charge >= 0.3 is 0 Å². The van der Waals surface area contributed by atoms with E-state index in [0.29, 0.717) is 5.75 Å². The Morgan fingerprint density at radius 2 is 1.81 bits per heavy atom. The number of benzene rings is 2. The van der Waals surface area contributed by atoms with E-state index in [1.807, 2.05) is 61.5 Å². The van der Waals surface area contributed by atoms with Crippen LogP contribution in [0, 0.1) is 0 Å². The van der Waals surface area contributed by atoms with Gasteiger partial charge in [-0.25, -0.2) is 0 Å². The molecule has 110 valence electrons. The third-order valence-electron chi connectivity index (χ3n) is 3.11. The van der Waals surface area contributed by atoms with Gasteiger partial charge in [0.2, 0.25) is 0 Å². The fourth-order valence-corrected chi connectivity index (χ4v) is 1.89. The maximum absolute atomic E-state index is 12.1. The second-order valence-corrected chi connectivity index (χ2v) is 4.98. The SMILES string of the molecule is CC(Oc1cccc([C@H](C)N)c1)C(=O)Nc1ccccc1. The average Bonchev–Trinajstić information content (AvgIpc) is 2.48. The van der Waals surface area contributed by atoms with Gasteiger partial charge in [-0.05, 0) is 43.7 Å². The van der Waals surface area contributed by atoms with E-state index in [0.717, 1.165) is 11.3 Å². The van der Waals surface area contributed by atoms with Crippen LogP contribution in [0.3, 0.4) is 0 Å². The van der Waals surface area contributed by atoms with Crippen molar-refractivity contribution in [2.24, 2.45) is 5.73 Å². The minimum Gasteiger partial charge on any atom is -0.481 e. The van der Waals surface area contributed by atoms with E-state index >= 15 is 0 Å². The number of rotatable bonds is 5. The Labute approximate surface area is 124 Å². The van der Waals surface area contributed by atoms with Crippen molar-refractivity contribution in [1.82, 2.24) is 0 Å². The molecule has 0 spiro atoms. The van der Waals surface area contributed by atoms with Crippen molar-refractivity contribution in [1.29, 1.82) is 0 Å². The summed E-state index contributed by atoms with van der Waals surface area (Å²) in [6, 6.07) is 16.7. The molecule has 0 fully saturated rings. The van der Waals surface area contributed by atoms with Crippen LogP contribution in [-0.4, -0.2) is 12.0 Å². The van der Waals surface area contributed by atoms with Gasteiger partial charge in [0, 0.05) is 11.7 Å². The number of anilines is 1. The van der Waals surface area contributed by atoms with Crippen LogP contribution in [0.4, 0.5) is 5.69 Å². The van der Waals surface area contributed by atoms with Crippen molar-refractivity contribution in [3.05, 3.63) is 60.2 Å². The molecule has 4 heteroatoms. The van der Waals surface area contributed by atoms with Crippen molar-refractivity contribution >= 4 is 11.6 Å². The number of carbonyl (C=O) groups is 1. The fourth-order valence-electron chi connectivity index (χ4n) is 1.89. The number of hydrogen-bond donors (Lipinski definition) is 2. The molecule has 2 rings (SSSR count). The summed E-state index contributed by atoms with van der Waals surface area (Å²) in [5.74, 6) is 0.452. The molecule has 0 heterocycles. The van der Waals surface area contributed by atoms with Gasteiger partial charge in [0.15, 0.2) is 6.10 Å². The molecule has 2 aromatic rings. The summed E-state index contributed by atoms with van der Waals surface area (Å²) in [4.78, 5) is 12.1. The van der Waals surface area contributed by atoms with Gasteiger partial charge in [-0.15, -0.1) is 0 Å². The summed E-state index contributed by atoms with van der Waals surface area (Å²) in [7, 11) is 0. The van der Waals surface area contributed by atoms with E-state index in [2.05, 4.69) is 5.32 Å². The summed E-state index contributed by atoms with van der Waals surface area (Å²) in [5.41, 5.74) is 7.57. The predicted molar refractivity (Wildman–Crippen MR) is 84.2 cm³/mol. The Kier molecular flexibility index (Phi) is 4.95. The molecule has 0 aliphatic heterocycles. The van der Waals surface area contributed by atoms with Gasteiger partial charge in [0.1, 0.15) is 5.75 Å². The van der Waals surface area contributed by atoms with E-state index in [-0.39, 0.29) is 11.9 Å². The molecule has 2 aromatic carbocycles. The zero-order valence-corrected chi connectivity index (χ0v) is 12.2. The highest BCUT2D eigenvalue weighted by molar-refractivity contribution is 5.94. The van der Waals surface area contributed by atoms with Gasteiger partial charge in [-0.2, -0.15) is 0 Å². The number of nitrogens with one attached hydrogen (secondary N) is 1. The maximum atomic E-state index is 12.1. The number of amides is 1. The molecule has 21 heavy (non-hydrogen) atoms.